The first-order valence-electron chi connectivity index (χ1n) is 11.8. The summed E-state index contributed by atoms with van der Waals surface area (Å²) in [6, 6.07) is 7.38. The van der Waals surface area contributed by atoms with Gasteiger partial charge in [0.25, 0.3) is 0 Å². The summed E-state index contributed by atoms with van der Waals surface area (Å²) in [5.41, 5.74) is 14.0. The van der Waals surface area contributed by atoms with E-state index in [1.165, 1.54) is 5.57 Å². The third-order valence-electron chi connectivity index (χ3n) is 5.64. The molecule has 0 aliphatic heterocycles. The number of nitrogens with two attached hydrogens (primary N) is 2. The fraction of sp³-hybridized carbons (Fsp3) is 0.444. The molecule has 2 atom stereocenters. The van der Waals surface area contributed by atoms with Gasteiger partial charge in [-0.2, -0.15) is 0 Å². The lowest BCUT2D eigenvalue weighted by molar-refractivity contribution is -0.127. The van der Waals surface area contributed by atoms with Gasteiger partial charge in [0, 0.05) is 18.4 Å². The van der Waals surface area contributed by atoms with E-state index in [0.717, 1.165) is 24.0 Å². The average Bonchev–Trinajstić information content (AvgIpc) is 2.78. The minimum atomic E-state index is -0.732. The van der Waals surface area contributed by atoms with E-state index in [9.17, 15) is 9.59 Å². The Labute approximate surface area is 204 Å². The molecule has 1 rings (SSSR count). The molecule has 7 N–H and O–H groups in total. The lowest BCUT2D eigenvalue weighted by Crippen LogP contribution is -2.45. The van der Waals surface area contributed by atoms with Gasteiger partial charge in [-0.25, -0.2) is 0 Å². The van der Waals surface area contributed by atoms with Crippen LogP contribution in [0.2, 0.25) is 0 Å². The van der Waals surface area contributed by atoms with E-state index in [4.69, 9.17) is 16.9 Å². The Balaban J connectivity index is 2.56. The monoisotopic (exact) mass is 467 g/mol. The van der Waals surface area contributed by atoms with Crippen LogP contribution in [0.3, 0.4) is 0 Å². The molecule has 0 aliphatic carbocycles. The van der Waals surface area contributed by atoms with Crippen molar-refractivity contribution in [3.8, 4) is 0 Å². The zero-order valence-corrected chi connectivity index (χ0v) is 20.8. The number of aryl methyl sites for hydroxylation is 1. The molecule has 0 heterocycles. The minimum absolute atomic E-state index is 0.0676. The number of hydrogen-bond acceptors (Lipinski definition) is 3. The van der Waals surface area contributed by atoms with Crippen molar-refractivity contribution in [2.45, 2.75) is 65.3 Å². The number of carbonyl (C=O) groups is 2. The molecule has 34 heavy (non-hydrogen) atoms. The van der Waals surface area contributed by atoms with Crippen molar-refractivity contribution in [1.82, 2.24) is 10.6 Å². The number of primary amides is 1. The van der Waals surface area contributed by atoms with Crippen molar-refractivity contribution < 1.29 is 9.59 Å². The molecule has 0 aromatic heterocycles. The molecule has 0 spiro atoms. The number of amides is 2. The molecule has 7 nitrogen and oxygen atoms in total. The van der Waals surface area contributed by atoms with Crippen molar-refractivity contribution in [3.63, 3.8) is 0 Å². The smallest absolute Gasteiger partial charge is 0.240 e. The fourth-order valence-electron chi connectivity index (χ4n) is 3.35. The molecule has 186 valence electrons. The largest absolute Gasteiger partial charge is 0.370 e. The maximum atomic E-state index is 12.3. The van der Waals surface area contributed by atoms with Gasteiger partial charge in [0.2, 0.25) is 11.8 Å². The first-order valence-corrected chi connectivity index (χ1v) is 11.8. The summed E-state index contributed by atoms with van der Waals surface area (Å²) >= 11 is 0. The van der Waals surface area contributed by atoms with Crippen LogP contribution in [0.5, 0.6) is 0 Å². The van der Waals surface area contributed by atoms with Crippen molar-refractivity contribution >= 4 is 23.8 Å². The molecule has 0 aliphatic rings. The Morgan fingerprint density at radius 2 is 1.88 bits per heavy atom. The van der Waals surface area contributed by atoms with E-state index >= 15 is 0 Å². The topological polar surface area (TPSA) is 134 Å². The number of rotatable bonds is 15. The number of benzene rings is 1. The molecular formula is C27H41N5O2. The van der Waals surface area contributed by atoms with Crippen LogP contribution in [0.25, 0.3) is 6.08 Å². The lowest BCUT2D eigenvalue weighted by atomic mass is 9.84. The highest BCUT2D eigenvalue weighted by Gasteiger charge is 2.18. The molecule has 0 bridgehead atoms. The first kappa shape index (κ1) is 28.7. The van der Waals surface area contributed by atoms with Crippen molar-refractivity contribution in [2.75, 3.05) is 6.54 Å². The molecule has 7 heteroatoms. The van der Waals surface area contributed by atoms with Crippen LogP contribution >= 0.6 is 0 Å². The highest BCUT2D eigenvalue weighted by Crippen LogP contribution is 2.28. The third kappa shape index (κ3) is 12.0. The second kappa shape index (κ2) is 14.7. The molecule has 0 fully saturated rings. The molecule has 0 radical (unpaired) electrons. The maximum absolute atomic E-state index is 12.3. The van der Waals surface area contributed by atoms with Gasteiger partial charge in [0.1, 0.15) is 6.04 Å². The summed E-state index contributed by atoms with van der Waals surface area (Å²) in [5.74, 6) is -0.916. The van der Waals surface area contributed by atoms with Crippen LogP contribution in [0.1, 0.15) is 64.0 Å². The number of allylic oxidation sites excluding steroid dienone is 4. The van der Waals surface area contributed by atoms with Crippen LogP contribution in [0.4, 0.5) is 0 Å². The van der Waals surface area contributed by atoms with Crippen molar-refractivity contribution in [2.24, 2.45) is 16.9 Å². The first-order chi connectivity index (χ1) is 16.0. The number of carbonyl (C=O) groups excluding carboxylic acids is 2. The van der Waals surface area contributed by atoms with E-state index in [2.05, 4.69) is 56.2 Å². The summed E-state index contributed by atoms with van der Waals surface area (Å²) < 4.78 is 0. The van der Waals surface area contributed by atoms with E-state index in [0.29, 0.717) is 25.8 Å². The predicted molar refractivity (Wildman–Crippen MR) is 141 cm³/mol. The van der Waals surface area contributed by atoms with E-state index < -0.39 is 11.9 Å². The predicted octanol–water partition coefficient (Wildman–Crippen LogP) is 3.80. The van der Waals surface area contributed by atoms with Crippen LogP contribution in [0.15, 0.2) is 54.6 Å². The Bertz CT molecular complexity index is 885. The second-order valence-electron chi connectivity index (χ2n) is 9.11. The third-order valence-corrected chi connectivity index (χ3v) is 5.64. The normalized spacial score (nSPS) is 13.5. The Morgan fingerprint density at radius 1 is 1.21 bits per heavy atom. The van der Waals surface area contributed by atoms with Gasteiger partial charge in [-0.1, -0.05) is 61.1 Å². The van der Waals surface area contributed by atoms with Crippen LogP contribution in [-0.4, -0.2) is 30.4 Å². The van der Waals surface area contributed by atoms with Crippen LogP contribution in [0, 0.1) is 10.8 Å². The molecular weight excluding hydrogens is 426 g/mol. The zero-order valence-electron chi connectivity index (χ0n) is 20.8. The minimum Gasteiger partial charge on any atom is -0.370 e. The van der Waals surface area contributed by atoms with E-state index in [1.807, 2.05) is 30.3 Å². The maximum Gasteiger partial charge on any atom is 0.240 e. The van der Waals surface area contributed by atoms with Gasteiger partial charge in [-0.05, 0) is 57.1 Å². The molecule has 0 saturated carbocycles. The van der Waals surface area contributed by atoms with Crippen molar-refractivity contribution in [1.29, 1.82) is 5.41 Å². The van der Waals surface area contributed by atoms with Gasteiger partial charge >= 0.3 is 0 Å². The number of guanidine groups is 1. The van der Waals surface area contributed by atoms with Gasteiger partial charge in [0.15, 0.2) is 5.96 Å². The Morgan fingerprint density at radius 3 is 2.44 bits per heavy atom. The van der Waals surface area contributed by atoms with Gasteiger partial charge in [-0.3, -0.25) is 15.0 Å². The zero-order chi connectivity index (χ0) is 25.6. The second-order valence-corrected chi connectivity index (χ2v) is 9.11. The summed E-state index contributed by atoms with van der Waals surface area (Å²) in [6.45, 7) is 10.8. The highest BCUT2D eigenvalue weighted by molar-refractivity contribution is 5.86. The van der Waals surface area contributed by atoms with Crippen molar-refractivity contribution in [3.05, 3.63) is 65.8 Å². The SMILES string of the molecule is C=CC(C)(/C=C\c1ccc(CCC(=O)NC(CCCNC(=N)N)C(N)=O)cc1)CCC=C(C)C. The van der Waals surface area contributed by atoms with E-state index in [-0.39, 0.29) is 23.7 Å². The standard InChI is InChI=1S/C27H41N5O2/c1-5-27(4,17-6-8-20(2)3)18-16-22-12-10-21(11-13-22)14-15-24(33)32-23(25(28)34)9-7-19-31-26(29)30/h5,8,10-13,16,18,23H,1,6-7,9,14-15,17,19H2,2-4H3,(H2,28,34)(H,32,33)(H4,29,30,31)/b18-16-. The number of nitrogens with one attached hydrogen (secondary N) is 3. The van der Waals surface area contributed by atoms with Gasteiger partial charge in [-0.15, -0.1) is 6.58 Å². The van der Waals surface area contributed by atoms with Crippen LogP contribution in [-0.2, 0) is 16.0 Å². The molecule has 2 unspecified atom stereocenters. The van der Waals surface area contributed by atoms with E-state index in [1.54, 1.807) is 0 Å². The highest BCUT2D eigenvalue weighted by atomic mass is 16.2. The Kier molecular flexibility index (Phi) is 12.4. The summed E-state index contributed by atoms with van der Waals surface area (Å²) in [7, 11) is 0. The van der Waals surface area contributed by atoms with Crippen LogP contribution < -0.4 is 22.1 Å². The molecule has 0 saturated heterocycles. The quantitative estimate of drug-likeness (QED) is 0.116. The summed E-state index contributed by atoms with van der Waals surface area (Å²) in [6.07, 6.45) is 12.3. The number of hydrogen-bond donors (Lipinski definition) is 5. The summed E-state index contributed by atoms with van der Waals surface area (Å²) in [4.78, 5) is 23.9. The lowest BCUT2D eigenvalue weighted by Gasteiger charge is -2.20. The fourth-order valence-corrected chi connectivity index (χ4v) is 3.35. The summed E-state index contributed by atoms with van der Waals surface area (Å²) in [5, 5.41) is 12.5. The molecule has 1 aromatic carbocycles. The Hall–Kier alpha value is -3.35. The average molecular weight is 468 g/mol. The molecule has 1 aromatic rings. The van der Waals surface area contributed by atoms with Gasteiger partial charge < -0.3 is 22.1 Å². The molecule has 2 amide bonds. The van der Waals surface area contributed by atoms with Gasteiger partial charge in [0.05, 0.1) is 0 Å².